The number of carbonyl (C=O) groups is 3. The van der Waals surface area contributed by atoms with Gasteiger partial charge in [0.05, 0.1) is 12.0 Å². The number of benzene rings is 1. The van der Waals surface area contributed by atoms with Gasteiger partial charge in [-0.2, -0.15) is 0 Å². The van der Waals surface area contributed by atoms with E-state index in [4.69, 9.17) is 10.2 Å². The van der Waals surface area contributed by atoms with Gasteiger partial charge in [-0.3, -0.25) is 4.79 Å². The molecule has 1 aromatic heterocycles. The van der Waals surface area contributed by atoms with Gasteiger partial charge in [-0.25, -0.2) is 14.6 Å². The van der Waals surface area contributed by atoms with E-state index in [2.05, 4.69) is 9.97 Å². The number of carboxylic acids is 2. The summed E-state index contributed by atoms with van der Waals surface area (Å²) in [7, 11) is 0. The van der Waals surface area contributed by atoms with Crippen LogP contribution in [0.4, 0.5) is 0 Å². The van der Waals surface area contributed by atoms with E-state index in [0.29, 0.717) is 17.7 Å². The zero-order valence-corrected chi connectivity index (χ0v) is 12.8. The summed E-state index contributed by atoms with van der Waals surface area (Å²) in [5, 5.41) is 15.6. The van der Waals surface area contributed by atoms with Crippen molar-refractivity contribution >= 4 is 23.8 Å². The first-order valence-electron chi connectivity index (χ1n) is 6.81. The number of aliphatic carboxylic acids is 2. The number of carboxylic acid groups (broad SMARTS) is 2. The molecule has 1 heterocycles. The van der Waals surface area contributed by atoms with Gasteiger partial charge in [0.1, 0.15) is 0 Å². The Kier molecular flexibility index (Phi) is 7.37. The molecule has 124 valence electrons. The number of aromatic amines is 1. The number of H-pyrrole nitrogens is 1. The molecule has 0 aliphatic carbocycles. The summed E-state index contributed by atoms with van der Waals surface area (Å²) in [6.45, 7) is 1.92. The van der Waals surface area contributed by atoms with Crippen LogP contribution < -0.4 is 0 Å². The number of hydrogen-bond donors (Lipinski definition) is 3. The molecule has 3 N–H and O–H groups in total. The molecule has 2 rings (SSSR count). The first kappa shape index (κ1) is 18.6. The molecule has 1 aromatic carbocycles. The van der Waals surface area contributed by atoms with E-state index in [9.17, 15) is 14.4 Å². The number of nitrogens with one attached hydrogen (secondary N) is 1. The van der Waals surface area contributed by atoms with Crippen LogP contribution in [0.15, 0.2) is 54.9 Å². The highest BCUT2D eigenvalue weighted by Crippen LogP contribution is 2.06. The topological polar surface area (TPSA) is 120 Å². The fourth-order valence-corrected chi connectivity index (χ4v) is 1.53. The number of aryl methyl sites for hydroxylation is 1. The van der Waals surface area contributed by atoms with Crippen LogP contribution in [0.25, 0.3) is 6.08 Å². The number of ketones is 1. The third kappa shape index (κ3) is 6.99. The maximum Gasteiger partial charge on any atom is 0.328 e. The fourth-order valence-electron chi connectivity index (χ4n) is 1.53. The van der Waals surface area contributed by atoms with E-state index in [-0.39, 0.29) is 5.78 Å². The molecular formula is C17H16N2O5. The van der Waals surface area contributed by atoms with Gasteiger partial charge in [-0.1, -0.05) is 30.3 Å². The van der Waals surface area contributed by atoms with Crippen molar-refractivity contribution in [2.45, 2.75) is 6.92 Å². The van der Waals surface area contributed by atoms with Crippen molar-refractivity contribution in [3.63, 3.8) is 0 Å². The standard InChI is InChI=1S/C13H12N2O.C4H4O4/c1-10-12(15-9-14-10)7-8-13(16)11-5-3-2-4-6-11;5-3(6)1-2-4(7)8/h2-9H,1H3,(H,14,15);1-2H,(H,5,6)(H,7,8)/b8-7+;2-1-. The van der Waals surface area contributed by atoms with Gasteiger partial charge >= 0.3 is 11.9 Å². The number of carbonyl (C=O) groups excluding carboxylic acids is 1. The van der Waals surface area contributed by atoms with Crippen molar-refractivity contribution < 1.29 is 24.6 Å². The van der Waals surface area contributed by atoms with Crippen molar-refractivity contribution in [1.82, 2.24) is 9.97 Å². The average molecular weight is 328 g/mol. The monoisotopic (exact) mass is 328 g/mol. The van der Waals surface area contributed by atoms with Crippen molar-refractivity contribution in [1.29, 1.82) is 0 Å². The highest BCUT2D eigenvalue weighted by Gasteiger charge is 2.01. The highest BCUT2D eigenvalue weighted by atomic mass is 16.4. The third-order valence-corrected chi connectivity index (χ3v) is 2.69. The molecule has 0 unspecified atom stereocenters. The molecule has 7 nitrogen and oxygen atoms in total. The highest BCUT2D eigenvalue weighted by molar-refractivity contribution is 6.06. The van der Waals surface area contributed by atoms with E-state index in [1.54, 1.807) is 30.6 Å². The van der Waals surface area contributed by atoms with Gasteiger partial charge in [-0.15, -0.1) is 0 Å². The molecule has 0 bridgehead atoms. The van der Waals surface area contributed by atoms with Crippen LogP contribution in [0.5, 0.6) is 0 Å². The predicted molar refractivity (Wildman–Crippen MR) is 87.5 cm³/mol. The summed E-state index contributed by atoms with van der Waals surface area (Å²) in [6, 6.07) is 9.17. The predicted octanol–water partition coefficient (Wildman–Crippen LogP) is 2.33. The quantitative estimate of drug-likeness (QED) is 0.572. The van der Waals surface area contributed by atoms with Crippen LogP contribution >= 0.6 is 0 Å². The van der Waals surface area contributed by atoms with Crippen LogP contribution in [-0.4, -0.2) is 37.9 Å². The Balaban J connectivity index is 0.000000307. The average Bonchev–Trinajstić information content (AvgIpc) is 2.97. The molecule has 0 saturated carbocycles. The van der Waals surface area contributed by atoms with Crippen molar-refractivity contribution in [2.24, 2.45) is 0 Å². The molecule has 0 aliphatic heterocycles. The zero-order chi connectivity index (χ0) is 17.9. The minimum absolute atomic E-state index is 0.0111. The lowest BCUT2D eigenvalue weighted by Crippen LogP contribution is -1.92. The molecule has 0 saturated heterocycles. The second-order valence-electron chi connectivity index (χ2n) is 4.49. The first-order valence-corrected chi connectivity index (χ1v) is 6.81. The minimum atomic E-state index is -1.26. The summed E-state index contributed by atoms with van der Waals surface area (Å²) < 4.78 is 0. The molecule has 0 atom stereocenters. The first-order chi connectivity index (χ1) is 11.4. The van der Waals surface area contributed by atoms with Gasteiger partial charge in [0.2, 0.25) is 0 Å². The molecule has 0 aliphatic rings. The lowest BCUT2D eigenvalue weighted by Gasteiger charge is -1.93. The Hall–Kier alpha value is -3.48. The van der Waals surface area contributed by atoms with E-state index in [0.717, 1.165) is 11.4 Å². The summed E-state index contributed by atoms with van der Waals surface area (Å²) in [6.07, 6.45) is 5.99. The van der Waals surface area contributed by atoms with Crippen LogP contribution in [0.1, 0.15) is 21.7 Å². The van der Waals surface area contributed by atoms with Crippen LogP contribution in [0, 0.1) is 6.92 Å². The Labute approximate surface area is 138 Å². The Morgan fingerprint density at radius 3 is 2.04 bits per heavy atom. The largest absolute Gasteiger partial charge is 0.478 e. The number of nitrogens with zero attached hydrogens (tertiary/aromatic N) is 1. The van der Waals surface area contributed by atoms with E-state index < -0.39 is 11.9 Å². The summed E-state index contributed by atoms with van der Waals surface area (Å²) >= 11 is 0. The lowest BCUT2D eigenvalue weighted by atomic mass is 10.1. The van der Waals surface area contributed by atoms with Crippen molar-refractivity contribution in [3.8, 4) is 0 Å². The maximum atomic E-state index is 11.7. The van der Waals surface area contributed by atoms with Crippen molar-refractivity contribution in [2.75, 3.05) is 0 Å². The summed E-state index contributed by atoms with van der Waals surface area (Å²) in [5.41, 5.74) is 2.44. The molecular weight excluding hydrogens is 312 g/mol. The molecule has 24 heavy (non-hydrogen) atoms. The second kappa shape index (κ2) is 9.52. The Morgan fingerprint density at radius 2 is 1.58 bits per heavy atom. The fraction of sp³-hybridized carbons (Fsp3) is 0.0588. The van der Waals surface area contributed by atoms with Crippen LogP contribution in [0.2, 0.25) is 0 Å². The van der Waals surface area contributed by atoms with E-state index in [1.807, 2.05) is 25.1 Å². The van der Waals surface area contributed by atoms with Gasteiger partial charge in [0.15, 0.2) is 5.78 Å². The smallest absolute Gasteiger partial charge is 0.328 e. The van der Waals surface area contributed by atoms with Gasteiger partial charge in [0.25, 0.3) is 0 Å². The van der Waals surface area contributed by atoms with Crippen molar-refractivity contribution in [3.05, 3.63) is 71.8 Å². The SMILES string of the molecule is Cc1[nH]cnc1/C=C/C(=O)c1ccccc1.O=C(O)/C=C\C(=O)O. The van der Waals surface area contributed by atoms with Crippen LogP contribution in [-0.2, 0) is 9.59 Å². The molecule has 0 radical (unpaired) electrons. The number of allylic oxidation sites excluding steroid dienone is 1. The second-order valence-corrected chi connectivity index (χ2v) is 4.49. The Bertz CT molecular complexity index is 744. The minimum Gasteiger partial charge on any atom is -0.478 e. The Morgan fingerprint density at radius 1 is 1.00 bits per heavy atom. The summed E-state index contributed by atoms with van der Waals surface area (Å²) in [4.78, 5) is 37.9. The molecule has 0 spiro atoms. The maximum absolute atomic E-state index is 11.7. The molecule has 2 aromatic rings. The van der Waals surface area contributed by atoms with Gasteiger partial charge < -0.3 is 15.2 Å². The number of imidazole rings is 1. The number of hydrogen-bond acceptors (Lipinski definition) is 4. The third-order valence-electron chi connectivity index (χ3n) is 2.69. The molecule has 0 fully saturated rings. The van der Waals surface area contributed by atoms with Crippen LogP contribution in [0.3, 0.4) is 0 Å². The lowest BCUT2D eigenvalue weighted by molar-refractivity contribution is -0.134. The zero-order valence-electron chi connectivity index (χ0n) is 12.8. The van der Waals surface area contributed by atoms with Gasteiger partial charge in [0, 0.05) is 23.4 Å². The number of rotatable bonds is 5. The molecule has 7 heteroatoms. The molecule has 0 amide bonds. The summed E-state index contributed by atoms with van der Waals surface area (Å²) in [5.74, 6) is -2.53. The van der Waals surface area contributed by atoms with E-state index >= 15 is 0 Å². The normalized spacial score (nSPS) is 10.4. The van der Waals surface area contributed by atoms with E-state index in [1.165, 1.54) is 0 Å². The van der Waals surface area contributed by atoms with Gasteiger partial charge in [-0.05, 0) is 19.1 Å². The number of aromatic nitrogens is 2.